The van der Waals surface area contributed by atoms with Gasteiger partial charge in [-0.2, -0.15) is 0 Å². The smallest absolute Gasteiger partial charge is 0.251 e. The molecule has 0 spiro atoms. The molecule has 0 bridgehead atoms. The van der Waals surface area contributed by atoms with E-state index in [-0.39, 0.29) is 23.4 Å². The van der Waals surface area contributed by atoms with Gasteiger partial charge in [-0.25, -0.2) is 13.1 Å². The Labute approximate surface area is 176 Å². The molecule has 7 nitrogen and oxygen atoms in total. The van der Waals surface area contributed by atoms with Crippen molar-refractivity contribution in [2.75, 3.05) is 20.6 Å². The summed E-state index contributed by atoms with van der Waals surface area (Å²) >= 11 is 0. The number of hydrogen-bond donors (Lipinski definition) is 2. The normalized spacial score (nSPS) is 12.6. The lowest BCUT2D eigenvalue weighted by Crippen LogP contribution is -2.34. The Morgan fingerprint density at radius 2 is 1.70 bits per heavy atom. The molecule has 0 aliphatic rings. The predicted molar refractivity (Wildman–Crippen MR) is 114 cm³/mol. The number of furan rings is 1. The number of hydrogen-bond acceptors (Lipinski definition) is 5. The number of carbonyl (C=O) groups is 1. The summed E-state index contributed by atoms with van der Waals surface area (Å²) in [6, 6.07) is 19.2. The van der Waals surface area contributed by atoms with Crippen LogP contribution in [0, 0.1) is 0 Å². The van der Waals surface area contributed by atoms with Crippen molar-refractivity contribution in [3.05, 3.63) is 89.9 Å². The molecule has 1 amide bonds. The molecular weight excluding hydrogens is 402 g/mol. The fourth-order valence-corrected chi connectivity index (χ4v) is 4.01. The van der Waals surface area contributed by atoms with Crippen molar-refractivity contribution in [3.8, 4) is 0 Å². The first-order chi connectivity index (χ1) is 14.4. The molecule has 0 aliphatic heterocycles. The van der Waals surface area contributed by atoms with E-state index in [1.165, 1.54) is 30.5 Å². The minimum absolute atomic E-state index is 0.0283. The summed E-state index contributed by atoms with van der Waals surface area (Å²) in [6.07, 6.45) is 1.48. The molecule has 1 heterocycles. The van der Waals surface area contributed by atoms with Gasteiger partial charge in [0.05, 0.1) is 23.7 Å². The van der Waals surface area contributed by atoms with E-state index in [9.17, 15) is 13.2 Å². The first kappa shape index (κ1) is 21.8. The average Bonchev–Trinajstić information content (AvgIpc) is 3.27. The lowest BCUT2D eigenvalue weighted by molar-refractivity contribution is 0.0942. The van der Waals surface area contributed by atoms with Gasteiger partial charge in [0.25, 0.3) is 5.91 Å². The van der Waals surface area contributed by atoms with Crippen molar-refractivity contribution in [1.82, 2.24) is 14.9 Å². The molecule has 3 aromatic rings. The van der Waals surface area contributed by atoms with Crippen LogP contribution in [-0.2, 0) is 16.6 Å². The van der Waals surface area contributed by atoms with Crippen molar-refractivity contribution in [3.63, 3.8) is 0 Å². The number of nitrogens with one attached hydrogen (secondary N) is 2. The summed E-state index contributed by atoms with van der Waals surface area (Å²) in [7, 11) is 0.215. The van der Waals surface area contributed by atoms with Crippen LogP contribution >= 0.6 is 0 Å². The van der Waals surface area contributed by atoms with E-state index >= 15 is 0 Å². The number of carbonyl (C=O) groups excluding carboxylic acids is 1. The van der Waals surface area contributed by atoms with Crippen LogP contribution in [0.4, 0.5) is 0 Å². The van der Waals surface area contributed by atoms with Gasteiger partial charge in [0.2, 0.25) is 10.0 Å². The molecule has 8 heteroatoms. The molecule has 0 saturated heterocycles. The standard InChI is InChI=1S/C22H25N3O4S/c1-25(2)21(17-7-4-3-5-8-17)16-23-22(26)18-10-12-20(13-11-18)30(27,28)24-15-19-9-6-14-29-19/h3-14,21,24H,15-16H2,1-2H3,(H,23,26)/t21-/m0/s1. The Morgan fingerprint density at radius 3 is 2.30 bits per heavy atom. The van der Waals surface area contributed by atoms with E-state index in [0.29, 0.717) is 17.9 Å². The van der Waals surface area contributed by atoms with Gasteiger partial charge in [-0.3, -0.25) is 4.79 Å². The molecule has 0 aliphatic carbocycles. The Hall–Kier alpha value is -2.94. The van der Waals surface area contributed by atoms with Gasteiger partial charge in [0.1, 0.15) is 5.76 Å². The van der Waals surface area contributed by atoms with Crippen molar-refractivity contribution >= 4 is 15.9 Å². The van der Waals surface area contributed by atoms with Gasteiger partial charge in [0.15, 0.2) is 0 Å². The molecule has 0 unspecified atom stereocenters. The van der Waals surface area contributed by atoms with Crippen LogP contribution in [0.3, 0.4) is 0 Å². The zero-order chi connectivity index (χ0) is 21.6. The highest BCUT2D eigenvalue weighted by Gasteiger charge is 2.17. The molecule has 0 fully saturated rings. The zero-order valence-electron chi connectivity index (χ0n) is 16.9. The lowest BCUT2D eigenvalue weighted by Gasteiger charge is -2.25. The largest absolute Gasteiger partial charge is 0.468 e. The summed E-state index contributed by atoms with van der Waals surface area (Å²) < 4.78 is 32.4. The highest BCUT2D eigenvalue weighted by Crippen LogP contribution is 2.17. The quantitative estimate of drug-likeness (QED) is 0.548. The average molecular weight is 428 g/mol. The molecular formula is C22H25N3O4S. The van der Waals surface area contributed by atoms with E-state index in [4.69, 9.17) is 4.42 Å². The van der Waals surface area contributed by atoms with Crippen LogP contribution < -0.4 is 10.0 Å². The monoisotopic (exact) mass is 427 g/mol. The van der Waals surface area contributed by atoms with Gasteiger partial charge in [-0.05, 0) is 56.1 Å². The SMILES string of the molecule is CN(C)[C@@H](CNC(=O)c1ccc(S(=O)(=O)NCc2ccco2)cc1)c1ccccc1. The maximum absolute atomic E-state index is 12.5. The highest BCUT2D eigenvalue weighted by atomic mass is 32.2. The molecule has 30 heavy (non-hydrogen) atoms. The summed E-state index contributed by atoms with van der Waals surface area (Å²) in [6.45, 7) is 0.490. The second-order valence-corrected chi connectivity index (χ2v) is 8.80. The van der Waals surface area contributed by atoms with Crippen LogP contribution in [0.5, 0.6) is 0 Å². The number of likely N-dealkylation sites (N-methyl/N-ethyl adjacent to an activating group) is 1. The maximum Gasteiger partial charge on any atom is 0.251 e. The molecule has 2 N–H and O–H groups in total. The third-order valence-corrected chi connectivity index (χ3v) is 6.12. The summed E-state index contributed by atoms with van der Waals surface area (Å²) in [5.41, 5.74) is 1.50. The highest BCUT2D eigenvalue weighted by molar-refractivity contribution is 7.89. The Morgan fingerprint density at radius 1 is 1.00 bits per heavy atom. The number of nitrogens with zero attached hydrogens (tertiary/aromatic N) is 1. The Bertz CT molecular complexity index is 1050. The van der Waals surface area contributed by atoms with Gasteiger partial charge < -0.3 is 14.6 Å². The van der Waals surface area contributed by atoms with Crippen molar-refractivity contribution in [2.45, 2.75) is 17.5 Å². The minimum atomic E-state index is -3.70. The third-order valence-electron chi connectivity index (χ3n) is 4.71. The first-order valence-electron chi connectivity index (χ1n) is 9.48. The van der Waals surface area contributed by atoms with Gasteiger partial charge in [0, 0.05) is 12.1 Å². The number of benzene rings is 2. The number of rotatable bonds is 9. The topological polar surface area (TPSA) is 91.7 Å². The third kappa shape index (κ3) is 5.56. The molecule has 1 aromatic heterocycles. The number of amides is 1. The van der Waals surface area contributed by atoms with E-state index < -0.39 is 10.0 Å². The van der Waals surface area contributed by atoms with E-state index in [0.717, 1.165) is 5.56 Å². The molecule has 3 rings (SSSR count). The zero-order valence-corrected chi connectivity index (χ0v) is 17.7. The molecule has 2 aromatic carbocycles. The van der Waals surface area contributed by atoms with Gasteiger partial charge in [-0.1, -0.05) is 30.3 Å². The molecule has 1 atom stereocenters. The summed E-state index contributed by atoms with van der Waals surface area (Å²) in [5, 5.41) is 2.92. The molecule has 0 radical (unpaired) electrons. The Balaban J connectivity index is 1.61. The summed E-state index contributed by atoms with van der Waals surface area (Å²) in [4.78, 5) is 14.7. The summed E-state index contributed by atoms with van der Waals surface area (Å²) in [5.74, 6) is 0.258. The van der Waals surface area contributed by atoms with Crippen molar-refractivity contribution < 1.29 is 17.6 Å². The van der Waals surface area contributed by atoms with E-state index in [1.54, 1.807) is 12.1 Å². The minimum Gasteiger partial charge on any atom is -0.468 e. The van der Waals surface area contributed by atoms with Crippen molar-refractivity contribution in [1.29, 1.82) is 0 Å². The van der Waals surface area contributed by atoms with Crippen LogP contribution in [0.15, 0.2) is 82.3 Å². The predicted octanol–water partition coefficient (Wildman–Crippen LogP) is 2.79. The van der Waals surface area contributed by atoms with Gasteiger partial charge in [-0.15, -0.1) is 0 Å². The van der Waals surface area contributed by atoms with Crippen LogP contribution in [-0.4, -0.2) is 39.9 Å². The first-order valence-corrected chi connectivity index (χ1v) is 11.0. The lowest BCUT2D eigenvalue weighted by atomic mass is 10.1. The van der Waals surface area contributed by atoms with Crippen LogP contribution in [0.2, 0.25) is 0 Å². The Kier molecular flexibility index (Phi) is 7.04. The van der Waals surface area contributed by atoms with Crippen LogP contribution in [0.1, 0.15) is 27.7 Å². The fraction of sp³-hybridized carbons (Fsp3) is 0.227. The van der Waals surface area contributed by atoms with E-state index in [1.807, 2.05) is 49.3 Å². The fourth-order valence-electron chi connectivity index (χ4n) is 3.01. The molecule has 158 valence electrons. The maximum atomic E-state index is 12.5. The van der Waals surface area contributed by atoms with Crippen LogP contribution in [0.25, 0.3) is 0 Å². The molecule has 0 saturated carbocycles. The van der Waals surface area contributed by atoms with E-state index in [2.05, 4.69) is 10.0 Å². The second-order valence-electron chi connectivity index (χ2n) is 7.03. The van der Waals surface area contributed by atoms with Crippen molar-refractivity contribution in [2.24, 2.45) is 0 Å². The van der Waals surface area contributed by atoms with Gasteiger partial charge >= 0.3 is 0 Å². The second kappa shape index (κ2) is 9.71. The number of sulfonamides is 1.